The van der Waals surface area contributed by atoms with Gasteiger partial charge in [-0.2, -0.15) is 0 Å². The van der Waals surface area contributed by atoms with E-state index in [1.165, 1.54) is 0 Å². The van der Waals surface area contributed by atoms with Crippen LogP contribution in [0.1, 0.15) is 18.9 Å². The molecule has 16 heavy (non-hydrogen) atoms. The van der Waals surface area contributed by atoms with Gasteiger partial charge in [-0.1, -0.05) is 36.6 Å². The highest BCUT2D eigenvalue weighted by molar-refractivity contribution is 6.30. The Bertz CT molecular complexity index is 391. The minimum atomic E-state index is -0.181. The number of nitrogens with one attached hydrogen (secondary N) is 1. The fourth-order valence-electron chi connectivity index (χ4n) is 1.29. The molecule has 0 saturated carbocycles. The van der Waals surface area contributed by atoms with E-state index in [1.54, 1.807) is 12.1 Å². The van der Waals surface area contributed by atoms with E-state index in [9.17, 15) is 4.79 Å². The molecule has 0 aliphatic heterocycles. The number of carbonyl (C=O) groups is 1. The highest BCUT2D eigenvalue weighted by Crippen LogP contribution is 2.09. The Labute approximate surface area is 101 Å². The number of hydrogen-bond acceptors (Lipinski definition) is 1. The van der Waals surface area contributed by atoms with Crippen LogP contribution >= 0.6 is 11.6 Å². The molecule has 3 heteroatoms. The highest BCUT2D eigenvalue weighted by Gasteiger charge is 2.07. The van der Waals surface area contributed by atoms with Crippen LogP contribution in [0.25, 0.3) is 0 Å². The van der Waals surface area contributed by atoms with Crippen molar-refractivity contribution in [1.29, 1.82) is 0 Å². The number of rotatable bonds is 4. The number of amides is 1. The average Bonchev–Trinajstić information content (AvgIpc) is 2.29. The van der Waals surface area contributed by atoms with Gasteiger partial charge in [0.15, 0.2) is 0 Å². The molecule has 1 N–H and O–H groups in total. The Morgan fingerprint density at radius 3 is 2.62 bits per heavy atom. The average molecular weight is 236 g/mol. The molecule has 0 heterocycles. The summed E-state index contributed by atoms with van der Waals surface area (Å²) >= 11 is 5.75. The van der Waals surface area contributed by atoms with Crippen LogP contribution in [0.15, 0.2) is 24.3 Å². The van der Waals surface area contributed by atoms with Crippen LogP contribution in [0.5, 0.6) is 0 Å². The molecule has 1 unspecified atom stereocenters. The van der Waals surface area contributed by atoms with Crippen LogP contribution in [-0.2, 0) is 11.2 Å². The molecule has 0 bridgehead atoms. The molecule has 0 saturated heterocycles. The van der Waals surface area contributed by atoms with Crippen LogP contribution < -0.4 is 5.32 Å². The van der Waals surface area contributed by atoms with Crippen molar-refractivity contribution in [3.05, 3.63) is 34.9 Å². The van der Waals surface area contributed by atoms with Crippen molar-refractivity contribution < 1.29 is 4.79 Å². The first-order valence-electron chi connectivity index (χ1n) is 5.15. The van der Waals surface area contributed by atoms with E-state index in [-0.39, 0.29) is 11.9 Å². The molecular weight excluding hydrogens is 222 g/mol. The maximum absolute atomic E-state index is 11.6. The lowest BCUT2D eigenvalue weighted by Gasteiger charge is -2.10. The second kappa shape index (κ2) is 6.19. The number of hydrogen-bond donors (Lipinski definition) is 1. The van der Waals surface area contributed by atoms with E-state index in [0.717, 1.165) is 12.0 Å². The summed E-state index contributed by atoms with van der Waals surface area (Å²) in [5.41, 5.74) is 0.925. The second-order valence-corrected chi connectivity index (χ2v) is 3.93. The topological polar surface area (TPSA) is 29.1 Å². The summed E-state index contributed by atoms with van der Waals surface area (Å²) in [5, 5.41) is 3.44. The fraction of sp³-hybridized carbons (Fsp3) is 0.308. The molecule has 84 valence electrons. The van der Waals surface area contributed by atoms with Gasteiger partial charge in [-0.3, -0.25) is 4.79 Å². The van der Waals surface area contributed by atoms with Crippen molar-refractivity contribution in [2.75, 3.05) is 0 Å². The third-order valence-corrected chi connectivity index (χ3v) is 2.47. The zero-order valence-corrected chi connectivity index (χ0v) is 9.92. The molecule has 1 aromatic carbocycles. The molecule has 0 aliphatic rings. The van der Waals surface area contributed by atoms with Gasteiger partial charge < -0.3 is 5.32 Å². The number of terminal acetylenes is 1. The van der Waals surface area contributed by atoms with Crippen LogP contribution in [-0.4, -0.2) is 11.9 Å². The Balaban J connectivity index is 2.52. The van der Waals surface area contributed by atoms with Crippen LogP contribution in [0.4, 0.5) is 0 Å². The first-order chi connectivity index (χ1) is 7.65. The van der Waals surface area contributed by atoms with Gasteiger partial charge in [0.25, 0.3) is 0 Å². The summed E-state index contributed by atoms with van der Waals surface area (Å²) in [5.74, 6) is 2.46. The van der Waals surface area contributed by atoms with Crippen molar-refractivity contribution in [3.63, 3.8) is 0 Å². The number of benzene rings is 1. The van der Waals surface area contributed by atoms with E-state index < -0.39 is 0 Å². The molecule has 0 spiro atoms. The molecule has 0 radical (unpaired) electrons. The van der Waals surface area contributed by atoms with Crippen LogP contribution in [0, 0.1) is 12.3 Å². The molecule has 1 atom stereocenters. The number of carbonyl (C=O) groups excluding carboxylic acids is 1. The lowest BCUT2D eigenvalue weighted by Crippen LogP contribution is -2.34. The molecule has 1 rings (SSSR count). The van der Waals surface area contributed by atoms with Crippen molar-refractivity contribution >= 4 is 17.5 Å². The van der Waals surface area contributed by atoms with Crippen molar-refractivity contribution in [1.82, 2.24) is 5.32 Å². The second-order valence-electron chi connectivity index (χ2n) is 3.50. The van der Waals surface area contributed by atoms with Crippen molar-refractivity contribution in [2.45, 2.75) is 25.8 Å². The first kappa shape index (κ1) is 12.6. The minimum absolute atomic E-state index is 0.0628. The van der Waals surface area contributed by atoms with E-state index in [0.29, 0.717) is 11.4 Å². The van der Waals surface area contributed by atoms with Crippen LogP contribution in [0.3, 0.4) is 0 Å². The smallest absolute Gasteiger partial charge is 0.225 e. The molecule has 0 aromatic heterocycles. The van der Waals surface area contributed by atoms with Gasteiger partial charge in [-0.25, -0.2) is 0 Å². The first-order valence-corrected chi connectivity index (χ1v) is 5.53. The molecular formula is C13H14ClNO. The molecule has 2 nitrogen and oxygen atoms in total. The maximum Gasteiger partial charge on any atom is 0.225 e. The van der Waals surface area contributed by atoms with E-state index >= 15 is 0 Å². The van der Waals surface area contributed by atoms with Gasteiger partial charge in [0.1, 0.15) is 0 Å². The quantitative estimate of drug-likeness (QED) is 0.798. The summed E-state index contributed by atoms with van der Waals surface area (Å²) in [7, 11) is 0. The normalized spacial score (nSPS) is 11.6. The van der Waals surface area contributed by atoms with Crippen LogP contribution in [0.2, 0.25) is 5.02 Å². The summed E-state index contributed by atoms with van der Waals surface area (Å²) in [6, 6.07) is 7.02. The molecule has 1 amide bonds. The lowest BCUT2D eigenvalue weighted by atomic mass is 10.1. The lowest BCUT2D eigenvalue weighted by molar-refractivity contribution is -0.120. The van der Waals surface area contributed by atoms with Gasteiger partial charge in [0, 0.05) is 5.02 Å². The maximum atomic E-state index is 11.6. The van der Waals surface area contributed by atoms with E-state index in [1.807, 2.05) is 19.1 Å². The summed E-state index contributed by atoms with van der Waals surface area (Å²) < 4.78 is 0. The standard InChI is InChI=1S/C13H14ClNO/c1-3-12(4-2)15-13(16)9-10-5-7-11(14)8-6-10/h1,5-8,12H,4,9H2,2H3,(H,15,16). The molecule has 0 fully saturated rings. The monoisotopic (exact) mass is 235 g/mol. The Morgan fingerprint density at radius 2 is 2.12 bits per heavy atom. The fourth-order valence-corrected chi connectivity index (χ4v) is 1.42. The Hall–Kier alpha value is -1.46. The largest absolute Gasteiger partial charge is 0.342 e. The van der Waals surface area contributed by atoms with Gasteiger partial charge in [-0.15, -0.1) is 6.42 Å². The summed E-state index contributed by atoms with van der Waals surface area (Å²) in [6.45, 7) is 1.94. The minimum Gasteiger partial charge on any atom is -0.342 e. The summed E-state index contributed by atoms with van der Waals surface area (Å²) in [6.07, 6.45) is 6.33. The van der Waals surface area contributed by atoms with Gasteiger partial charge >= 0.3 is 0 Å². The van der Waals surface area contributed by atoms with Gasteiger partial charge in [0.05, 0.1) is 12.5 Å². The molecule has 0 aliphatic carbocycles. The Kier molecular flexibility index (Phi) is 4.88. The SMILES string of the molecule is C#CC(CC)NC(=O)Cc1ccc(Cl)cc1. The zero-order valence-electron chi connectivity index (χ0n) is 9.16. The molecule has 1 aromatic rings. The predicted octanol–water partition coefficient (Wildman–Crippen LogP) is 2.41. The third-order valence-electron chi connectivity index (χ3n) is 2.22. The van der Waals surface area contributed by atoms with Gasteiger partial charge in [-0.05, 0) is 24.1 Å². The third kappa shape index (κ3) is 3.96. The highest BCUT2D eigenvalue weighted by atomic mass is 35.5. The van der Waals surface area contributed by atoms with Crippen molar-refractivity contribution in [3.8, 4) is 12.3 Å². The zero-order chi connectivity index (χ0) is 12.0. The van der Waals surface area contributed by atoms with E-state index in [2.05, 4.69) is 11.2 Å². The predicted molar refractivity (Wildman–Crippen MR) is 66.2 cm³/mol. The van der Waals surface area contributed by atoms with E-state index in [4.69, 9.17) is 18.0 Å². The van der Waals surface area contributed by atoms with Gasteiger partial charge in [0.2, 0.25) is 5.91 Å². The number of halogens is 1. The summed E-state index contributed by atoms with van der Waals surface area (Å²) in [4.78, 5) is 11.6. The Morgan fingerprint density at radius 1 is 1.50 bits per heavy atom. The van der Waals surface area contributed by atoms with Crippen molar-refractivity contribution in [2.24, 2.45) is 0 Å².